The Kier molecular flexibility index (Phi) is 3.88. The summed E-state index contributed by atoms with van der Waals surface area (Å²) in [5.41, 5.74) is 0.663. The van der Waals surface area contributed by atoms with E-state index in [0.717, 1.165) is 6.42 Å². The fourth-order valence-electron chi connectivity index (χ4n) is 1.64. The molecule has 1 N–H and O–H groups in total. The van der Waals surface area contributed by atoms with Crippen molar-refractivity contribution in [3.05, 3.63) is 11.8 Å². The van der Waals surface area contributed by atoms with Crippen LogP contribution in [0.25, 0.3) is 0 Å². The van der Waals surface area contributed by atoms with Crippen molar-refractivity contribution < 1.29 is 14.3 Å². The highest BCUT2D eigenvalue weighted by Crippen LogP contribution is 2.23. The molecule has 4 nitrogen and oxygen atoms in total. The third kappa shape index (κ3) is 3.08. The number of nitrogens with one attached hydrogen (secondary N) is 1. The largest absolute Gasteiger partial charge is 0.463 e. The molecule has 1 rings (SSSR count). The Labute approximate surface area is 89.7 Å². The van der Waals surface area contributed by atoms with Gasteiger partial charge in [0, 0.05) is 17.7 Å². The minimum absolute atomic E-state index is 0.0133. The molecule has 2 atom stereocenters. The second-order valence-corrected chi connectivity index (χ2v) is 3.88. The highest BCUT2D eigenvalue weighted by atomic mass is 16.5. The van der Waals surface area contributed by atoms with E-state index in [9.17, 15) is 9.59 Å². The van der Waals surface area contributed by atoms with E-state index in [-0.39, 0.29) is 17.7 Å². The predicted octanol–water partition coefficient (Wildman–Crippen LogP) is 1.23. The summed E-state index contributed by atoms with van der Waals surface area (Å²) in [6.07, 6.45) is 2.15. The average molecular weight is 211 g/mol. The Balaban J connectivity index is 2.69. The van der Waals surface area contributed by atoms with Crippen molar-refractivity contribution in [2.24, 2.45) is 11.8 Å². The van der Waals surface area contributed by atoms with E-state index in [2.05, 4.69) is 5.32 Å². The highest BCUT2D eigenvalue weighted by molar-refractivity contribution is 5.86. The van der Waals surface area contributed by atoms with Crippen molar-refractivity contribution in [1.82, 2.24) is 5.32 Å². The van der Waals surface area contributed by atoms with Crippen LogP contribution in [0.1, 0.15) is 27.2 Å². The lowest BCUT2D eigenvalue weighted by atomic mass is 9.89. The molecule has 1 aliphatic rings. The van der Waals surface area contributed by atoms with Crippen LogP contribution in [0.4, 0.5) is 0 Å². The van der Waals surface area contributed by atoms with E-state index in [0.29, 0.717) is 12.3 Å². The van der Waals surface area contributed by atoms with Crippen molar-refractivity contribution in [3.63, 3.8) is 0 Å². The van der Waals surface area contributed by atoms with Crippen LogP contribution in [0.2, 0.25) is 0 Å². The molecule has 0 aliphatic carbocycles. The second-order valence-electron chi connectivity index (χ2n) is 3.88. The van der Waals surface area contributed by atoms with Gasteiger partial charge in [-0.3, -0.25) is 4.79 Å². The smallest absolute Gasteiger partial charge is 0.332 e. The van der Waals surface area contributed by atoms with Crippen LogP contribution >= 0.6 is 0 Å². The fourth-order valence-corrected chi connectivity index (χ4v) is 1.64. The van der Waals surface area contributed by atoms with Gasteiger partial charge in [0.1, 0.15) is 0 Å². The van der Waals surface area contributed by atoms with Crippen LogP contribution in [-0.2, 0) is 14.3 Å². The molecule has 0 aromatic rings. The number of rotatable bonds is 2. The zero-order valence-corrected chi connectivity index (χ0v) is 9.37. The molecule has 15 heavy (non-hydrogen) atoms. The normalized spacial score (nSPS) is 28.7. The van der Waals surface area contributed by atoms with Crippen molar-refractivity contribution in [1.29, 1.82) is 0 Å². The molecule has 84 valence electrons. The molecule has 0 unspecified atom stereocenters. The number of esters is 1. The number of hydrogen-bond acceptors (Lipinski definition) is 3. The number of amides is 1. The molecule has 0 spiro atoms. The number of carbonyl (C=O) groups is 2. The number of hydrogen-bond donors (Lipinski definition) is 1. The number of allylic oxidation sites excluding steroid dienone is 1. The highest BCUT2D eigenvalue weighted by Gasteiger charge is 2.26. The first-order chi connectivity index (χ1) is 7.04. The Morgan fingerprint density at radius 3 is 2.80 bits per heavy atom. The van der Waals surface area contributed by atoms with Gasteiger partial charge in [0.05, 0.1) is 6.61 Å². The summed E-state index contributed by atoms with van der Waals surface area (Å²) in [7, 11) is 0. The topological polar surface area (TPSA) is 55.4 Å². The molecule has 0 saturated carbocycles. The van der Waals surface area contributed by atoms with Gasteiger partial charge in [-0.25, -0.2) is 4.79 Å². The van der Waals surface area contributed by atoms with E-state index in [1.165, 1.54) is 6.08 Å². The SMILES string of the molecule is CCOC(=O)/C=C1\NC(=O)[C@@H](C)C[C@@H]1C. The average Bonchev–Trinajstić information content (AvgIpc) is 2.14. The predicted molar refractivity (Wildman–Crippen MR) is 55.8 cm³/mol. The number of piperidine rings is 1. The van der Waals surface area contributed by atoms with Crippen LogP contribution < -0.4 is 5.32 Å². The fraction of sp³-hybridized carbons (Fsp3) is 0.636. The summed E-state index contributed by atoms with van der Waals surface area (Å²) in [5.74, 6) is -0.209. The van der Waals surface area contributed by atoms with Crippen LogP contribution in [-0.4, -0.2) is 18.5 Å². The van der Waals surface area contributed by atoms with E-state index >= 15 is 0 Å². The molecule has 1 aliphatic heterocycles. The number of ether oxygens (including phenoxy) is 1. The van der Waals surface area contributed by atoms with Crippen LogP contribution in [0.3, 0.4) is 0 Å². The third-order valence-electron chi connectivity index (χ3n) is 2.51. The van der Waals surface area contributed by atoms with Crippen LogP contribution in [0.5, 0.6) is 0 Å². The molecule has 0 aromatic heterocycles. The first-order valence-electron chi connectivity index (χ1n) is 5.23. The molecule has 1 fully saturated rings. The lowest BCUT2D eigenvalue weighted by molar-refractivity contribution is -0.137. The minimum atomic E-state index is -0.394. The van der Waals surface area contributed by atoms with Gasteiger partial charge in [0.2, 0.25) is 5.91 Å². The lowest BCUT2D eigenvalue weighted by Gasteiger charge is -2.26. The van der Waals surface area contributed by atoms with Gasteiger partial charge in [-0.1, -0.05) is 13.8 Å². The summed E-state index contributed by atoms with van der Waals surface area (Å²) in [4.78, 5) is 22.6. The number of carbonyl (C=O) groups excluding carboxylic acids is 2. The molecular weight excluding hydrogens is 194 g/mol. The molecule has 1 saturated heterocycles. The maximum absolute atomic E-state index is 11.4. The lowest BCUT2D eigenvalue weighted by Crippen LogP contribution is -2.38. The van der Waals surface area contributed by atoms with Gasteiger partial charge >= 0.3 is 5.97 Å². The van der Waals surface area contributed by atoms with Crippen LogP contribution in [0, 0.1) is 11.8 Å². The van der Waals surface area contributed by atoms with Gasteiger partial charge < -0.3 is 10.1 Å². The summed E-state index contributed by atoms with van der Waals surface area (Å²) >= 11 is 0. The van der Waals surface area contributed by atoms with Crippen LogP contribution in [0.15, 0.2) is 11.8 Å². The Morgan fingerprint density at radius 1 is 1.53 bits per heavy atom. The van der Waals surface area contributed by atoms with E-state index in [1.54, 1.807) is 6.92 Å². The monoisotopic (exact) mass is 211 g/mol. The molecule has 1 amide bonds. The summed E-state index contributed by atoms with van der Waals surface area (Å²) in [6, 6.07) is 0. The maximum atomic E-state index is 11.4. The quantitative estimate of drug-likeness (QED) is 0.552. The van der Waals surface area contributed by atoms with Crippen molar-refractivity contribution in [2.75, 3.05) is 6.61 Å². The van der Waals surface area contributed by atoms with Gasteiger partial charge in [-0.05, 0) is 19.3 Å². The first kappa shape index (κ1) is 11.8. The van der Waals surface area contributed by atoms with Gasteiger partial charge in [-0.2, -0.15) is 0 Å². The van der Waals surface area contributed by atoms with Gasteiger partial charge in [0.15, 0.2) is 0 Å². The standard InChI is InChI=1S/C11H17NO3/c1-4-15-10(13)6-9-7(2)5-8(3)11(14)12-9/h6-8H,4-5H2,1-3H3,(H,12,14)/b9-6-/t7-,8-/m0/s1. The second kappa shape index (κ2) is 4.96. The maximum Gasteiger partial charge on any atom is 0.332 e. The molecule has 1 heterocycles. The summed E-state index contributed by atoms with van der Waals surface area (Å²) < 4.78 is 4.79. The molecule has 0 aromatic carbocycles. The van der Waals surface area contributed by atoms with Gasteiger partial charge in [0.25, 0.3) is 0 Å². The van der Waals surface area contributed by atoms with Crippen molar-refractivity contribution in [3.8, 4) is 0 Å². The third-order valence-corrected chi connectivity index (χ3v) is 2.51. The van der Waals surface area contributed by atoms with Crippen molar-refractivity contribution >= 4 is 11.9 Å². The summed E-state index contributed by atoms with van der Waals surface area (Å²) in [6.45, 7) is 5.97. The van der Waals surface area contributed by atoms with E-state index in [4.69, 9.17) is 4.74 Å². The van der Waals surface area contributed by atoms with E-state index in [1.807, 2.05) is 13.8 Å². The molecule has 0 radical (unpaired) electrons. The Morgan fingerprint density at radius 2 is 2.20 bits per heavy atom. The summed E-state index contributed by atoms with van der Waals surface area (Å²) in [5, 5.41) is 2.73. The Hall–Kier alpha value is -1.32. The molecular formula is C11H17NO3. The minimum Gasteiger partial charge on any atom is -0.463 e. The Bertz CT molecular complexity index is 296. The van der Waals surface area contributed by atoms with Gasteiger partial charge in [-0.15, -0.1) is 0 Å². The molecule has 4 heteroatoms. The first-order valence-corrected chi connectivity index (χ1v) is 5.23. The zero-order chi connectivity index (χ0) is 11.4. The zero-order valence-electron chi connectivity index (χ0n) is 9.37. The molecule has 0 bridgehead atoms. The van der Waals surface area contributed by atoms with E-state index < -0.39 is 5.97 Å². The van der Waals surface area contributed by atoms with Crippen molar-refractivity contribution in [2.45, 2.75) is 27.2 Å².